The van der Waals surface area contributed by atoms with Crippen LogP contribution in [0.4, 0.5) is 0 Å². The zero-order valence-electron chi connectivity index (χ0n) is 21.4. The van der Waals surface area contributed by atoms with Crippen LogP contribution in [0, 0.1) is 0 Å². The first-order valence-electron chi connectivity index (χ1n) is 12.8. The Hall–Kier alpha value is -3.68. The second kappa shape index (κ2) is 11.8. The molecule has 192 valence electrons. The van der Waals surface area contributed by atoms with Gasteiger partial charge in [0, 0.05) is 17.3 Å². The second-order valence-corrected chi connectivity index (χ2v) is 10.8. The van der Waals surface area contributed by atoms with Crippen LogP contribution in [-0.4, -0.2) is 31.5 Å². The molecule has 3 aromatic carbocycles. The number of para-hydroxylation sites is 1. The van der Waals surface area contributed by atoms with Crippen LogP contribution in [0.1, 0.15) is 43.9 Å². The lowest BCUT2D eigenvalue weighted by Gasteiger charge is -2.23. The molecule has 0 saturated carbocycles. The molecule has 1 unspecified atom stereocenters. The van der Waals surface area contributed by atoms with Gasteiger partial charge in [0.1, 0.15) is 15.8 Å². The lowest BCUT2D eigenvalue weighted by Crippen LogP contribution is -2.30. The van der Waals surface area contributed by atoms with E-state index >= 15 is 0 Å². The van der Waals surface area contributed by atoms with Crippen LogP contribution in [0.3, 0.4) is 0 Å². The molecule has 0 aliphatic carbocycles. The van der Waals surface area contributed by atoms with Crippen molar-refractivity contribution in [3.63, 3.8) is 0 Å². The van der Waals surface area contributed by atoms with Crippen molar-refractivity contribution in [1.29, 1.82) is 0 Å². The Morgan fingerprint density at radius 1 is 1.03 bits per heavy atom. The van der Waals surface area contributed by atoms with Crippen molar-refractivity contribution in [1.82, 2.24) is 14.7 Å². The minimum Gasteiger partial charge on any atom is -0.494 e. The summed E-state index contributed by atoms with van der Waals surface area (Å²) >= 11 is 6.99. The maximum absolute atomic E-state index is 13.6. The van der Waals surface area contributed by atoms with E-state index in [0.29, 0.717) is 15.8 Å². The summed E-state index contributed by atoms with van der Waals surface area (Å²) in [5.74, 6) is 0.714. The van der Waals surface area contributed by atoms with E-state index in [0.717, 1.165) is 46.7 Å². The predicted molar refractivity (Wildman–Crippen MR) is 159 cm³/mol. The van der Waals surface area contributed by atoms with Gasteiger partial charge in [0.15, 0.2) is 0 Å². The number of carbonyl (C=O) groups is 1. The van der Waals surface area contributed by atoms with Gasteiger partial charge in [0.2, 0.25) is 0 Å². The largest absolute Gasteiger partial charge is 0.494 e. The molecule has 0 N–H and O–H groups in total. The van der Waals surface area contributed by atoms with Crippen LogP contribution in [0.2, 0.25) is 0 Å². The summed E-state index contributed by atoms with van der Waals surface area (Å²) in [5.41, 5.74) is 4.52. The zero-order valence-corrected chi connectivity index (χ0v) is 23.0. The maximum atomic E-state index is 13.6. The SMILES string of the molecule is CCCCOc1cccc(-c2nn(-c3ccccc3)cc2C=C2SC(=S)N(C(C)c3ccccc3)C2=O)c1. The number of nitrogens with zero attached hydrogens (tertiary/aromatic N) is 3. The van der Waals surface area contributed by atoms with E-state index in [9.17, 15) is 4.79 Å². The Kier molecular flexibility index (Phi) is 8.05. The summed E-state index contributed by atoms with van der Waals surface area (Å²) in [4.78, 5) is 15.8. The van der Waals surface area contributed by atoms with Gasteiger partial charge in [-0.25, -0.2) is 4.68 Å². The standard InChI is InChI=1S/C31H29N3O2S2/c1-3-4-18-36-27-17-11-14-24(19-27)29-25(21-33(32-29)26-15-9-6-10-16-26)20-28-30(35)34(31(37)38-28)22(2)23-12-7-5-8-13-23/h5-17,19-22H,3-4,18H2,1-2H3. The lowest BCUT2D eigenvalue weighted by molar-refractivity contribution is -0.123. The van der Waals surface area contributed by atoms with Gasteiger partial charge in [-0.15, -0.1) is 0 Å². The normalized spacial score (nSPS) is 15.3. The van der Waals surface area contributed by atoms with Crippen molar-refractivity contribution in [2.24, 2.45) is 0 Å². The third kappa shape index (κ3) is 5.59. The number of carbonyl (C=O) groups excluding carboxylic acids is 1. The Labute approximate surface area is 233 Å². The third-order valence-corrected chi connectivity index (χ3v) is 7.75. The Morgan fingerprint density at radius 2 is 1.76 bits per heavy atom. The van der Waals surface area contributed by atoms with Crippen molar-refractivity contribution in [2.75, 3.05) is 6.61 Å². The average molecular weight is 540 g/mol. The molecule has 0 radical (unpaired) electrons. The molecular weight excluding hydrogens is 510 g/mol. The van der Waals surface area contributed by atoms with E-state index in [1.807, 2.05) is 109 Å². The monoisotopic (exact) mass is 539 g/mol. The molecule has 1 saturated heterocycles. The molecule has 7 heteroatoms. The van der Waals surface area contributed by atoms with Crippen LogP contribution in [-0.2, 0) is 4.79 Å². The molecule has 5 nitrogen and oxygen atoms in total. The smallest absolute Gasteiger partial charge is 0.266 e. The minimum absolute atomic E-state index is 0.0913. The quantitative estimate of drug-likeness (QED) is 0.124. The van der Waals surface area contributed by atoms with E-state index in [1.165, 1.54) is 11.8 Å². The fourth-order valence-electron chi connectivity index (χ4n) is 4.33. The molecule has 0 bridgehead atoms. The third-order valence-electron chi connectivity index (χ3n) is 6.42. The highest BCUT2D eigenvalue weighted by atomic mass is 32.2. The van der Waals surface area contributed by atoms with Gasteiger partial charge >= 0.3 is 0 Å². The van der Waals surface area contributed by atoms with Crippen LogP contribution in [0.5, 0.6) is 5.75 Å². The number of amides is 1. The Morgan fingerprint density at radius 3 is 2.50 bits per heavy atom. The van der Waals surface area contributed by atoms with Crippen LogP contribution < -0.4 is 4.74 Å². The number of unbranched alkanes of at least 4 members (excludes halogenated alkanes) is 1. The Bertz CT molecular complexity index is 1460. The fraction of sp³-hybridized carbons (Fsp3) is 0.194. The van der Waals surface area contributed by atoms with Gasteiger partial charge in [-0.2, -0.15) is 5.10 Å². The minimum atomic E-state index is -0.155. The number of thiocarbonyl (C=S) groups is 1. The van der Waals surface area contributed by atoms with E-state index < -0.39 is 0 Å². The van der Waals surface area contributed by atoms with E-state index in [-0.39, 0.29) is 11.9 Å². The summed E-state index contributed by atoms with van der Waals surface area (Å²) in [6.45, 7) is 4.82. The molecule has 38 heavy (non-hydrogen) atoms. The highest BCUT2D eigenvalue weighted by Gasteiger charge is 2.36. The van der Waals surface area contributed by atoms with Crippen LogP contribution in [0.15, 0.2) is 96.0 Å². The van der Waals surface area contributed by atoms with Crippen molar-refractivity contribution in [2.45, 2.75) is 32.7 Å². The predicted octanol–water partition coefficient (Wildman–Crippen LogP) is 7.68. The highest BCUT2D eigenvalue weighted by molar-refractivity contribution is 8.26. The zero-order chi connectivity index (χ0) is 26.5. The van der Waals surface area contributed by atoms with Gasteiger partial charge in [-0.1, -0.05) is 98.0 Å². The molecule has 1 aliphatic heterocycles. The molecule has 1 atom stereocenters. The maximum Gasteiger partial charge on any atom is 0.266 e. The van der Waals surface area contributed by atoms with Gasteiger partial charge in [0.05, 0.1) is 23.2 Å². The first-order valence-corrected chi connectivity index (χ1v) is 14.0. The molecule has 5 rings (SSSR count). The highest BCUT2D eigenvalue weighted by Crippen LogP contribution is 2.39. The molecule has 0 spiro atoms. The summed E-state index contributed by atoms with van der Waals surface area (Å²) in [7, 11) is 0. The molecule has 1 aromatic heterocycles. The number of hydrogen-bond acceptors (Lipinski definition) is 5. The first-order chi connectivity index (χ1) is 18.5. The van der Waals surface area contributed by atoms with E-state index in [1.54, 1.807) is 4.90 Å². The first kappa shape index (κ1) is 25.9. The van der Waals surface area contributed by atoms with Gasteiger partial charge in [-0.05, 0) is 49.2 Å². The summed E-state index contributed by atoms with van der Waals surface area (Å²) in [6, 6.07) is 27.7. The van der Waals surface area contributed by atoms with Crippen molar-refractivity contribution in [3.8, 4) is 22.7 Å². The number of rotatable bonds is 9. The fourth-order valence-corrected chi connectivity index (χ4v) is 5.74. The second-order valence-electron chi connectivity index (χ2n) is 9.08. The summed E-state index contributed by atoms with van der Waals surface area (Å²) in [6.07, 6.45) is 5.94. The summed E-state index contributed by atoms with van der Waals surface area (Å²) in [5, 5.41) is 4.93. The number of benzene rings is 3. The van der Waals surface area contributed by atoms with Gasteiger partial charge in [0.25, 0.3) is 5.91 Å². The van der Waals surface area contributed by atoms with E-state index in [2.05, 4.69) is 6.92 Å². The number of thioether (sulfide) groups is 1. The van der Waals surface area contributed by atoms with Gasteiger partial charge < -0.3 is 4.74 Å². The van der Waals surface area contributed by atoms with Crippen molar-refractivity contribution in [3.05, 3.63) is 107 Å². The molecule has 4 aromatic rings. The Balaban J connectivity index is 1.52. The average Bonchev–Trinajstić information content (AvgIpc) is 3.49. The molecule has 2 heterocycles. The van der Waals surface area contributed by atoms with Crippen molar-refractivity contribution < 1.29 is 9.53 Å². The van der Waals surface area contributed by atoms with Crippen LogP contribution in [0.25, 0.3) is 23.0 Å². The lowest BCUT2D eigenvalue weighted by atomic mass is 10.1. The number of ether oxygens (including phenoxy) is 1. The molecule has 1 aliphatic rings. The molecule has 1 fully saturated rings. The van der Waals surface area contributed by atoms with E-state index in [4.69, 9.17) is 22.1 Å². The number of hydrogen-bond donors (Lipinski definition) is 0. The molecular formula is C31H29N3O2S2. The van der Waals surface area contributed by atoms with Crippen molar-refractivity contribution >= 4 is 40.3 Å². The summed E-state index contributed by atoms with van der Waals surface area (Å²) < 4.78 is 8.36. The number of aromatic nitrogens is 2. The molecule has 1 amide bonds. The van der Waals surface area contributed by atoms with Crippen LogP contribution >= 0.6 is 24.0 Å². The van der Waals surface area contributed by atoms with Gasteiger partial charge in [-0.3, -0.25) is 9.69 Å². The topological polar surface area (TPSA) is 47.4 Å².